The predicted molar refractivity (Wildman–Crippen MR) is 32.0 cm³/mol. The highest BCUT2D eigenvalue weighted by Crippen LogP contribution is 2.11. The fraction of sp³-hybridized carbons (Fsp3) is 1.00. The number of hydrogen-bond donors (Lipinski definition) is 0. The highest BCUT2D eigenvalue weighted by molar-refractivity contribution is 4.72. The van der Waals surface area contributed by atoms with Gasteiger partial charge in [-0.1, -0.05) is 13.8 Å². The molecule has 0 bridgehead atoms. The number of rotatable bonds is 0. The molecule has 0 amide bonds. The summed E-state index contributed by atoms with van der Waals surface area (Å²) in [5, 5.41) is 0. The largest absolute Gasteiger partial charge is 0.375 e. The van der Waals surface area contributed by atoms with E-state index in [0.717, 1.165) is 0 Å². The van der Waals surface area contributed by atoms with E-state index in [9.17, 15) is 8.78 Å². The molecule has 2 atom stereocenters. The second kappa shape index (κ2) is 4.68. The molecule has 1 saturated heterocycles. The lowest BCUT2D eigenvalue weighted by Crippen LogP contribution is -2.12. The van der Waals surface area contributed by atoms with Gasteiger partial charge in [0.25, 0.3) is 0 Å². The Morgan fingerprint density at radius 2 is 1.44 bits per heavy atom. The standard InChI is InChI=1S/C4H6F2O.C2H6/c5-3-1-7-2-4(3)6;1-2/h3-4H,1-2H2;1-2H3. The summed E-state index contributed by atoms with van der Waals surface area (Å²) < 4.78 is 28.1. The average molecular weight is 138 g/mol. The van der Waals surface area contributed by atoms with Crippen LogP contribution in [0.3, 0.4) is 0 Å². The lowest BCUT2D eigenvalue weighted by molar-refractivity contribution is 0.169. The first kappa shape index (κ1) is 8.82. The molecule has 0 aliphatic carbocycles. The smallest absolute Gasteiger partial charge is 0.157 e. The van der Waals surface area contributed by atoms with Crippen molar-refractivity contribution in [3.05, 3.63) is 0 Å². The SMILES string of the molecule is CC.FC1COCC1F. The van der Waals surface area contributed by atoms with E-state index in [1.54, 1.807) is 0 Å². The molecule has 3 heteroatoms. The van der Waals surface area contributed by atoms with Crippen LogP contribution in [-0.2, 0) is 4.74 Å². The summed E-state index contributed by atoms with van der Waals surface area (Å²) >= 11 is 0. The van der Waals surface area contributed by atoms with Gasteiger partial charge in [0.2, 0.25) is 0 Å². The van der Waals surface area contributed by atoms with Crippen LogP contribution in [0.4, 0.5) is 8.78 Å². The lowest BCUT2D eigenvalue weighted by atomic mass is 10.3. The Hall–Kier alpha value is -0.180. The van der Waals surface area contributed by atoms with Gasteiger partial charge in [-0.05, 0) is 0 Å². The Balaban J connectivity index is 0.000000291. The van der Waals surface area contributed by atoms with Gasteiger partial charge in [-0.2, -0.15) is 0 Å². The Bertz CT molecular complexity index is 60.1. The molecule has 1 rings (SSSR count). The Morgan fingerprint density at radius 1 is 1.11 bits per heavy atom. The third kappa shape index (κ3) is 2.75. The molecule has 1 nitrogen and oxygen atoms in total. The fourth-order valence-electron chi connectivity index (χ4n) is 0.502. The molecule has 0 saturated carbocycles. The molecule has 2 unspecified atom stereocenters. The topological polar surface area (TPSA) is 9.23 Å². The van der Waals surface area contributed by atoms with Gasteiger partial charge in [0, 0.05) is 0 Å². The van der Waals surface area contributed by atoms with Gasteiger partial charge in [-0.15, -0.1) is 0 Å². The van der Waals surface area contributed by atoms with E-state index in [-0.39, 0.29) is 13.2 Å². The minimum absolute atomic E-state index is 0.0683. The minimum atomic E-state index is -1.38. The molecule has 1 aliphatic heterocycles. The molecule has 0 aromatic heterocycles. The van der Waals surface area contributed by atoms with Gasteiger partial charge in [0.15, 0.2) is 12.3 Å². The maximum atomic E-state index is 11.8. The molecule has 9 heavy (non-hydrogen) atoms. The van der Waals surface area contributed by atoms with Gasteiger partial charge >= 0.3 is 0 Å². The molecule has 56 valence electrons. The summed E-state index contributed by atoms with van der Waals surface area (Å²) in [4.78, 5) is 0. The average Bonchev–Trinajstić information content (AvgIpc) is 2.23. The van der Waals surface area contributed by atoms with Crippen LogP contribution in [-0.4, -0.2) is 25.6 Å². The summed E-state index contributed by atoms with van der Waals surface area (Å²) in [7, 11) is 0. The highest BCUT2D eigenvalue weighted by Gasteiger charge is 2.26. The van der Waals surface area contributed by atoms with Crippen LogP contribution in [0.15, 0.2) is 0 Å². The van der Waals surface area contributed by atoms with E-state index in [4.69, 9.17) is 0 Å². The van der Waals surface area contributed by atoms with Crippen LogP contribution in [0.25, 0.3) is 0 Å². The first-order valence-corrected chi connectivity index (χ1v) is 3.16. The van der Waals surface area contributed by atoms with Crippen LogP contribution in [0.1, 0.15) is 13.8 Å². The van der Waals surface area contributed by atoms with Crippen molar-refractivity contribution >= 4 is 0 Å². The van der Waals surface area contributed by atoms with Crippen molar-refractivity contribution in [3.8, 4) is 0 Å². The molecule has 0 radical (unpaired) electrons. The maximum absolute atomic E-state index is 11.8. The molecule has 0 N–H and O–H groups in total. The van der Waals surface area contributed by atoms with Gasteiger partial charge in [-0.3, -0.25) is 0 Å². The number of hydrogen-bond acceptors (Lipinski definition) is 1. The van der Waals surface area contributed by atoms with E-state index >= 15 is 0 Å². The summed E-state index contributed by atoms with van der Waals surface area (Å²) in [5.74, 6) is 0. The minimum Gasteiger partial charge on any atom is -0.375 e. The van der Waals surface area contributed by atoms with Crippen molar-refractivity contribution in [2.24, 2.45) is 0 Å². The molecule has 0 aromatic carbocycles. The molecule has 1 fully saturated rings. The second-order valence-electron chi connectivity index (χ2n) is 1.57. The highest BCUT2D eigenvalue weighted by atomic mass is 19.2. The van der Waals surface area contributed by atoms with Crippen LogP contribution in [0.2, 0.25) is 0 Å². The van der Waals surface area contributed by atoms with Crippen LogP contribution >= 0.6 is 0 Å². The fourth-order valence-corrected chi connectivity index (χ4v) is 0.502. The quantitative estimate of drug-likeness (QED) is 0.495. The normalized spacial score (nSPS) is 33.3. The Labute approximate surface area is 54.0 Å². The molecule has 0 spiro atoms. The van der Waals surface area contributed by atoms with E-state index in [2.05, 4.69) is 4.74 Å². The number of halogens is 2. The van der Waals surface area contributed by atoms with Gasteiger partial charge < -0.3 is 4.74 Å². The zero-order valence-electron chi connectivity index (χ0n) is 5.73. The second-order valence-corrected chi connectivity index (χ2v) is 1.57. The first-order valence-electron chi connectivity index (χ1n) is 3.16. The Kier molecular flexibility index (Phi) is 4.58. The zero-order valence-corrected chi connectivity index (χ0v) is 5.73. The van der Waals surface area contributed by atoms with Crippen molar-refractivity contribution in [1.82, 2.24) is 0 Å². The van der Waals surface area contributed by atoms with E-state index in [0.29, 0.717) is 0 Å². The third-order valence-corrected chi connectivity index (χ3v) is 0.947. The monoisotopic (exact) mass is 138 g/mol. The van der Waals surface area contributed by atoms with Crippen molar-refractivity contribution in [2.75, 3.05) is 13.2 Å². The van der Waals surface area contributed by atoms with Crippen molar-refractivity contribution in [3.63, 3.8) is 0 Å². The predicted octanol–water partition coefficient (Wildman–Crippen LogP) is 1.72. The molecule has 1 aliphatic rings. The number of alkyl halides is 2. The zero-order chi connectivity index (χ0) is 7.28. The molecular formula is C6H12F2O. The summed E-state index contributed by atoms with van der Waals surface area (Å²) in [6.07, 6.45) is -2.75. The molecule has 1 heterocycles. The van der Waals surface area contributed by atoms with E-state index in [1.165, 1.54) is 0 Å². The van der Waals surface area contributed by atoms with Crippen molar-refractivity contribution in [1.29, 1.82) is 0 Å². The van der Waals surface area contributed by atoms with E-state index < -0.39 is 12.3 Å². The Morgan fingerprint density at radius 3 is 1.56 bits per heavy atom. The van der Waals surface area contributed by atoms with Crippen LogP contribution in [0, 0.1) is 0 Å². The molecule has 0 aromatic rings. The van der Waals surface area contributed by atoms with Crippen molar-refractivity contribution < 1.29 is 13.5 Å². The van der Waals surface area contributed by atoms with Crippen LogP contribution in [0.5, 0.6) is 0 Å². The summed E-state index contributed by atoms with van der Waals surface area (Å²) in [6, 6.07) is 0. The first-order chi connectivity index (χ1) is 4.30. The molecular weight excluding hydrogens is 126 g/mol. The van der Waals surface area contributed by atoms with E-state index in [1.807, 2.05) is 13.8 Å². The maximum Gasteiger partial charge on any atom is 0.157 e. The lowest BCUT2D eigenvalue weighted by Gasteiger charge is -1.93. The van der Waals surface area contributed by atoms with Gasteiger partial charge in [-0.25, -0.2) is 8.78 Å². The number of ether oxygens (including phenoxy) is 1. The van der Waals surface area contributed by atoms with Gasteiger partial charge in [0.05, 0.1) is 13.2 Å². The van der Waals surface area contributed by atoms with Gasteiger partial charge in [0.1, 0.15) is 0 Å². The summed E-state index contributed by atoms with van der Waals surface area (Å²) in [6.45, 7) is 3.86. The summed E-state index contributed by atoms with van der Waals surface area (Å²) in [5.41, 5.74) is 0. The third-order valence-electron chi connectivity index (χ3n) is 0.947. The van der Waals surface area contributed by atoms with Crippen molar-refractivity contribution in [2.45, 2.75) is 26.2 Å². The van der Waals surface area contributed by atoms with Crippen LogP contribution < -0.4 is 0 Å².